The van der Waals surface area contributed by atoms with E-state index in [9.17, 15) is 0 Å². The van der Waals surface area contributed by atoms with E-state index in [1.807, 2.05) is 11.7 Å². The largest absolute Gasteiger partial charge is 0.396 e. The predicted octanol–water partition coefficient (Wildman–Crippen LogP) is 1.44. The van der Waals surface area contributed by atoms with Gasteiger partial charge in [0.2, 0.25) is 0 Å². The van der Waals surface area contributed by atoms with Gasteiger partial charge in [0, 0.05) is 39.4 Å². The normalized spacial score (nSPS) is 11.0. The highest BCUT2D eigenvalue weighted by Crippen LogP contribution is 2.22. The van der Waals surface area contributed by atoms with Crippen molar-refractivity contribution in [3.05, 3.63) is 11.3 Å². The zero-order valence-electron chi connectivity index (χ0n) is 12.7. The summed E-state index contributed by atoms with van der Waals surface area (Å²) < 4.78 is 1.97. The molecule has 0 saturated heterocycles. The van der Waals surface area contributed by atoms with Crippen LogP contribution < -0.4 is 10.2 Å². The van der Waals surface area contributed by atoms with Gasteiger partial charge in [0.15, 0.2) is 0 Å². The fraction of sp³-hybridized carbons (Fsp3) is 0.786. The molecule has 0 atom stereocenters. The number of hydrogen-bond donors (Lipinski definition) is 2. The van der Waals surface area contributed by atoms with Gasteiger partial charge in [-0.15, -0.1) is 0 Å². The Labute approximate surface area is 116 Å². The minimum Gasteiger partial charge on any atom is -0.396 e. The molecule has 0 radical (unpaired) electrons. The number of nitrogens with one attached hydrogen (secondary N) is 1. The second-order valence-corrected chi connectivity index (χ2v) is 5.00. The molecule has 1 heterocycles. The quantitative estimate of drug-likeness (QED) is 0.665. The van der Waals surface area contributed by atoms with Gasteiger partial charge in [-0.1, -0.05) is 6.92 Å². The van der Waals surface area contributed by atoms with Gasteiger partial charge < -0.3 is 15.3 Å². The summed E-state index contributed by atoms with van der Waals surface area (Å²) in [4.78, 5) is 2.27. The van der Waals surface area contributed by atoms with Crippen LogP contribution in [-0.4, -0.2) is 41.6 Å². The van der Waals surface area contributed by atoms with Crippen molar-refractivity contribution in [2.24, 2.45) is 7.05 Å². The number of hydrogen-bond acceptors (Lipinski definition) is 4. The van der Waals surface area contributed by atoms with Gasteiger partial charge in [0.1, 0.15) is 5.82 Å². The molecule has 110 valence electrons. The summed E-state index contributed by atoms with van der Waals surface area (Å²) in [5.74, 6) is 1.20. The molecule has 1 aromatic rings. The Kier molecular flexibility index (Phi) is 6.87. The molecule has 0 saturated carbocycles. The Morgan fingerprint density at radius 1 is 1.32 bits per heavy atom. The Morgan fingerprint density at radius 3 is 2.68 bits per heavy atom. The molecule has 0 fully saturated rings. The van der Waals surface area contributed by atoms with E-state index in [4.69, 9.17) is 5.11 Å². The van der Waals surface area contributed by atoms with Gasteiger partial charge in [-0.2, -0.15) is 5.10 Å². The molecule has 5 nitrogen and oxygen atoms in total. The third-order valence-electron chi connectivity index (χ3n) is 3.38. The number of aryl methyl sites for hydroxylation is 2. The lowest BCUT2D eigenvalue weighted by Crippen LogP contribution is -2.24. The van der Waals surface area contributed by atoms with Crippen molar-refractivity contribution >= 4 is 5.82 Å². The summed E-state index contributed by atoms with van der Waals surface area (Å²) in [5.41, 5.74) is 2.38. The van der Waals surface area contributed by atoms with Gasteiger partial charge in [0.25, 0.3) is 0 Å². The molecular weight excluding hydrogens is 240 g/mol. The zero-order chi connectivity index (χ0) is 14.3. The molecule has 5 heteroatoms. The number of nitrogens with zero attached hydrogens (tertiary/aromatic N) is 3. The maximum Gasteiger partial charge on any atom is 0.131 e. The van der Waals surface area contributed by atoms with E-state index < -0.39 is 0 Å². The number of unbranched alkanes of at least 4 members (excludes halogenated alkanes) is 2. The van der Waals surface area contributed by atoms with Crippen LogP contribution in [0.25, 0.3) is 0 Å². The van der Waals surface area contributed by atoms with Crippen LogP contribution >= 0.6 is 0 Å². The molecule has 0 amide bonds. The van der Waals surface area contributed by atoms with Gasteiger partial charge in [0.05, 0.1) is 5.69 Å². The number of aliphatic hydroxyl groups is 1. The summed E-state index contributed by atoms with van der Waals surface area (Å²) in [6, 6.07) is 0. The van der Waals surface area contributed by atoms with Crippen molar-refractivity contribution in [3.63, 3.8) is 0 Å². The Morgan fingerprint density at radius 2 is 2.05 bits per heavy atom. The summed E-state index contributed by atoms with van der Waals surface area (Å²) >= 11 is 0. The molecule has 1 aromatic heterocycles. The lowest BCUT2D eigenvalue weighted by Gasteiger charge is -2.21. The maximum absolute atomic E-state index is 8.80. The number of rotatable bonds is 9. The van der Waals surface area contributed by atoms with Crippen LogP contribution in [0.3, 0.4) is 0 Å². The summed E-state index contributed by atoms with van der Waals surface area (Å²) in [6.45, 7) is 7.30. The molecule has 0 aromatic carbocycles. The van der Waals surface area contributed by atoms with Crippen LogP contribution in [0.5, 0.6) is 0 Å². The van der Waals surface area contributed by atoms with Crippen molar-refractivity contribution in [3.8, 4) is 0 Å². The minimum absolute atomic E-state index is 0.292. The van der Waals surface area contributed by atoms with Crippen LogP contribution in [0.15, 0.2) is 0 Å². The Bertz CT molecular complexity index is 376. The molecule has 1 rings (SSSR count). The molecule has 0 unspecified atom stereocenters. The van der Waals surface area contributed by atoms with E-state index in [0.717, 1.165) is 44.6 Å². The second kappa shape index (κ2) is 8.17. The lowest BCUT2D eigenvalue weighted by molar-refractivity contribution is 0.283. The van der Waals surface area contributed by atoms with Crippen LogP contribution in [-0.2, 0) is 13.6 Å². The summed E-state index contributed by atoms with van der Waals surface area (Å²) in [6.07, 6.45) is 3.06. The van der Waals surface area contributed by atoms with E-state index in [1.54, 1.807) is 0 Å². The van der Waals surface area contributed by atoms with E-state index in [1.165, 1.54) is 11.4 Å². The maximum atomic E-state index is 8.80. The fourth-order valence-electron chi connectivity index (χ4n) is 2.37. The van der Waals surface area contributed by atoms with Crippen LogP contribution in [0, 0.1) is 6.92 Å². The van der Waals surface area contributed by atoms with Crippen molar-refractivity contribution in [1.82, 2.24) is 15.1 Å². The van der Waals surface area contributed by atoms with E-state index >= 15 is 0 Å². The molecule has 2 N–H and O–H groups in total. The topological polar surface area (TPSA) is 53.3 Å². The Balaban J connectivity index is 2.68. The van der Waals surface area contributed by atoms with E-state index in [0.29, 0.717) is 6.61 Å². The van der Waals surface area contributed by atoms with Gasteiger partial charge >= 0.3 is 0 Å². The zero-order valence-corrected chi connectivity index (χ0v) is 12.7. The monoisotopic (exact) mass is 268 g/mol. The summed E-state index contributed by atoms with van der Waals surface area (Å²) in [5, 5.41) is 16.7. The molecular formula is C14H28N4O. The van der Waals surface area contributed by atoms with Gasteiger partial charge in [-0.05, 0) is 32.7 Å². The third kappa shape index (κ3) is 4.51. The first-order chi connectivity index (χ1) is 9.11. The fourth-order valence-corrected chi connectivity index (χ4v) is 2.37. The molecule has 19 heavy (non-hydrogen) atoms. The standard InChI is InChI=1S/C14H28N4O/c1-5-15-11-13-12(2)16-18(4)14(13)17(3)9-7-6-8-10-19/h15,19H,5-11H2,1-4H3. The van der Waals surface area contributed by atoms with Crippen molar-refractivity contribution in [2.75, 3.05) is 31.6 Å². The second-order valence-electron chi connectivity index (χ2n) is 5.00. The number of aromatic nitrogens is 2. The average Bonchev–Trinajstić information content (AvgIpc) is 2.66. The smallest absolute Gasteiger partial charge is 0.131 e. The molecule has 0 aliphatic rings. The average molecular weight is 268 g/mol. The highest BCUT2D eigenvalue weighted by Gasteiger charge is 2.16. The number of anilines is 1. The third-order valence-corrected chi connectivity index (χ3v) is 3.38. The minimum atomic E-state index is 0.292. The first-order valence-corrected chi connectivity index (χ1v) is 7.17. The van der Waals surface area contributed by atoms with Crippen molar-refractivity contribution in [2.45, 2.75) is 39.7 Å². The lowest BCUT2D eigenvalue weighted by atomic mass is 10.2. The first-order valence-electron chi connectivity index (χ1n) is 7.17. The van der Waals surface area contributed by atoms with Crippen molar-refractivity contribution in [1.29, 1.82) is 0 Å². The summed E-state index contributed by atoms with van der Waals surface area (Å²) in [7, 11) is 4.12. The van der Waals surface area contributed by atoms with E-state index in [2.05, 4.69) is 36.2 Å². The predicted molar refractivity (Wildman–Crippen MR) is 79.5 cm³/mol. The molecule has 0 aliphatic carbocycles. The highest BCUT2D eigenvalue weighted by atomic mass is 16.2. The SMILES string of the molecule is CCNCc1c(C)nn(C)c1N(C)CCCCCO. The highest BCUT2D eigenvalue weighted by molar-refractivity contribution is 5.49. The van der Waals surface area contributed by atoms with Crippen LogP contribution in [0.4, 0.5) is 5.82 Å². The van der Waals surface area contributed by atoms with Crippen molar-refractivity contribution < 1.29 is 5.11 Å². The number of aliphatic hydroxyl groups excluding tert-OH is 1. The molecule has 0 spiro atoms. The molecule has 0 aliphatic heterocycles. The van der Waals surface area contributed by atoms with Crippen LogP contribution in [0.1, 0.15) is 37.4 Å². The molecule has 0 bridgehead atoms. The first kappa shape index (κ1) is 16.0. The Hall–Kier alpha value is -1.07. The van der Waals surface area contributed by atoms with E-state index in [-0.39, 0.29) is 0 Å². The van der Waals surface area contributed by atoms with Crippen LogP contribution in [0.2, 0.25) is 0 Å². The van der Waals surface area contributed by atoms with Gasteiger partial charge in [-0.3, -0.25) is 4.68 Å². The van der Waals surface area contributed by atoms with Gasteiger partial charge in [-0.25, -0.2) is 0 Å².